The van der Waals surface area contributed by atoms with Crippen molar-refractivity contribution in [3.8, 4) is 11.5 Å². The van der Waals surface area contributed by atoms with E-state index in [-0.39, 0.29) is 24.0 Å². The molecule has 0 spiro atoms. The molecule has 28 heavy (non-hydrogen) atoms. The maximum atomic E-state index is 12.2. The van der Waals surface area contributed by atoms with Gasteiger partial charge in [0.2, 0.25) is 0 Å². The van der Waals surface area contributed by atoms with Gasteiger partial charge in [-0.25, -0.2) is 0 Å². The van der Waals surface area contributed by atoms with Crippen LogP contribution in [0.15, 0.2) is 54.6 Å². The molecular formula is C20H18F3NO4. The summed E-state index contributed by atoms with van der Waals surface area (Å²) in [6.07, 6.45) is -1.95. The molecule has 2 aromatic carbocycles. The number of allylic oxidation sites excluding steroid dienone is 1. The van der Waals surface area contributed by atoms with Crippen LogP contribution in [0.5, 0.6) is 11.5 Å². The summed E-state index contributed by atoms with van der Waals surface area (Å²) in [6.45, 7) is -0.103. The van der Waals surface area contributed by atoms with E-state index in [1.165, 1.54) is 41.3 Å². The summed E-state index contributed by atoms with van der Waals surface area (Å²) in [5.41, 5.74) is 0.949. The van der Waals surface area contributed by atoms with E-state index in [9.17, 15) is 22.8 Å². The molecule has 8 heteroatoms. The number of ether oxygens (including phenoxy) is 2. The number of amides is 1. The fourth-order valence-electron chi connectivity index (χ4n) is 2.04. The van der Waals surface area contributed by atoms with Crippen molar-refractivity contribution in [3.63, 3.8) is 0 Å². The third-order valence-corrected chi connectivity index (χ3v) is 3.54. The zero-order valence-corrected chi connectivity index (χ0v) is 15.2. The maximum Gasteiger partial charge on any atom is 0.573 e. The Bertz CT molecular complexity index is 841. The van der Waals surface area contributed by atoms with Gasteiger partial charge in [0.25, 0.3) is 5.91 Å². The van der Waals surface area contributed by atoms with E-state index in [0.29, 0.717) is 16.9 Å². The number of halogens is 3. The average molecular weight is 393 g/mol. The van der Waals surface area contributed by atoms with Crippen LogP contribution >= 0.6 is 0 Å². The van der Waals surface area contributed by atoms with E-state index in [2.05, 4.69) is 4.74 Å². The average Bonchev–Trinajstić information content (AvgIpc) is 2.64. The molecule has 0 bridgehead atoms. The lowest BCUT2D eigenvalue weighted by atomic mass is 10.1. The second-order valence-corrected chi connectivity index (χ2v) is 5.92. The fourth-order valence-corrected chi connectivity index (χ4v) is 2.04. The van der Waals surface area contributed by atoms with Gasteiger partial charge >= 0.3 is 6.36 Å². The van der Waals surface area contributed by atoms with E-state index in [4.69, 9.17) is 4.74 Å². The molecule has 0 unspecified atom stereocenters. The zero-order valence-electron chi connectivity index (χ0n) is 15.2. The van der Waals surface area contributed by atoms with Gasteiger partial charge in [0.15, 0.2) is 12.4 Å². The van der Waals surface area contributed by atoms with E-state index in [1.807, 2.05) is 0 Å². The second kappa shape index (κ2) is 9.07. The first kappa shape index (κ1) is 21.0. The smallest absolute Gasteiger partial charge is 0.484 e. The number of hydrogen-bond acceptors (Lipinski definition) is 4. The quantitative estimate of drug-likeness (QED) is 0.528. The largest absolute Gasteiger partial charge is 0.573 e. The van der Waals surface area contributed by atoms with Crippen molar-refractivity contribution in [2.75, 3.05) is 20.7 Å². The molecule has 2 aromatic rings. The van der Waals surface area contributed by atoms with Crippen LogP contribution in [0, 0.1) is 0 Å². The van der Waals surface area contributed by atoms with Crippen molar-refractivity contribution >= 4 is 17.8 Å². The highest BCUT2D eigenvalue weighted by atomic mass is 19.4. The molecule has 0 saturated heterocycles. The highest BCUT2D eigenvalue weighted by molar-refractivity contribution is 6.06. The van der Waals surface area contributed by atoms with Gasteiger partial charge in [0.1, 0.15) is 11.5 Å². The third kappa shape index (κ3) is 6.79. The number of likely N-dealkylation sites (N-methyl/N-ethyl adjacent to an activating group) is 1. The molecule has 0 N–H and O–H groups in total. The Hall–Kier alpha value is -3.29. The van der Waals surface area contributed by atoms with Crippen LogP contribution in [0.2, 0.25) is 0 Å². The predicted molar refractivity (Wildman–Crippen MR) is 97.1 cm³/mol. The van der Waals surface area contributed by atoms with Crippen LogP contribution in [0.1, 0.15) is 15.9 Å². The van der Waals surface area contributed by atoms with Crippen LogP contribution < -0.4 is 9.47 Å². The van der Waals surface area contributed by atoms with E-state index < -0.39 is 6.36 Å². The molecule has 0 atom stereocenters. The summed E-state index contributed by atoms with van der Waals surface area (Å²) in [4.78, 5) is 25.1. The first-order chi connectivity index (χ1) is 13.1. The number of nitrogens with zero attached hydrogens (tertiary/aromatic N) is 1. The second-order valence-electron chi connectivity index (χ2n) is 5.92. The van der Waals surface area contributed by atoms with Gasteiger partial charge in [-0.05, 0) is 48.0 Å². The summed E-state index contributed by atoms with van der Waals surface area (Å²) in [5.74, 6) is -0.350. The lowest BCUT2D eigenvalue weighted by Gasteiger charge is -2.11. The molecule has 0 radical (unpaired) electrons. The van der Waals surface area contributed by atoms with Crippen LogP contribution in [-0.2, 0) is 4.79 Å². The highest BCUT2D eigenvalue weighted by Gasteiger charge is 2.30. The summed E-state index contributed by atoms with van der Waals surface area (Å²) < 4.78 is 45.5. The van der Waals surface area contributed by atoms with Crippen LogP contribution in [0.4, 0.5) is 13.2 Å². The van der Waals surface area contributed by atoms with Gasteiger partial charge in [0, 0.05) is 19.7 Å². The minimum atomic E-state index is -4.75. The van der Waals surface area contributed by atoms with Crippen molar-refractivity contribution in [2.45, 2.75) is 6.36 Å². The first-order valence-electron chi connectivity index (χ1n) is 8.15. The van der Waals surface area contributed by atoms with Gasteiger partial charge in [-0.1, -0.05) is 18.2 Å². The lowest BCUT2D eigenvalue weighted by Crippen LogP contribution is -2.27. The van der Waals surface area contributed by atoms with Crippen LogP contribution in [-0.4, -0.2) is 43.7 Å². The number of carbonyl (C=O) groups is 2. The number of ketones is 1. The summed E-state index contributed by atoms with van der Waals surface area (Å²) in [6, 6.07) is 11.4. The minimum absolute atomic E-state index is 0.103. The molecule has 0 aliphatic carbocycles. The maximum absolute atomic E-state index is 12.2. The van der Waals surface area contributed by atoms with Gasteiger partial charge in [-0.3, -0.25) is 9.59 Å². The topological polar surface area (TPSA) is 55.8 Å². The van der Waals surface area contributed by atoms with Crippen LogP contribution in [0.25, 0.3) is 6.08 Å². The Morgan fingerprint density at radius 2 is 1.54 bits per heavy atom. The molecule has 0 aromatic heterocycles. The van der Waals surface area contributed by atoms with Crippen molar-refractivity contribution in [2.24, 2.45) is 0 Å². The number of rotatable bonds is 7. The normalized spacial score (nSPS) is 11.3. The molecule has 2 rings (SSSR count). The Labute approximate surface area is 160 Å². The van der Waals surface area contributed by atoms with Crippen molar-refractivity contribution in [1.82, 2.24) is 4.90 Å². The van der Waals surface area contributed by atoms with Gasteiger partial charge < -0.3 is 14.4 Å². The predicted octanol–water partition coefficient (Wildman–Crippen LogP) is 3.95. The summed E-state index contributed by atoms with van der Waals surface area (Å²) in [5, 5.41) is 0. The molecule has 0 fully saturated rings. The molecule has 1 amide bonds. The summed E-state index contributed by atoms with van der Waals surface area (Å²) in [7, 11) is 3.24. The SMILES string of the molecule is CN(C)C(=O)COc1ccc(C(=O)/C=C/c2ccc(OC(F)(F)F)cc2)cc1. The third-order valence-electron chi connectivity index (χ3n) is 3.54. The Morgan fingerprint density at radius 1 is 0.964 bits per heavy atom. The number of carbonyl (C=O) groups excluding carboxylic acids is 2. The van der Waals surface area contributed by atoms with Crippen molar-refractivity contribution in [1.29, 1.82) is 0 Å². The highest BCUT2D eigenvalue weighted by Crippen LogP contribution is 2.23. The zero-order chi connectivity index (χ0) is 20.7. The van der Waals surface area contributed by atoms with Gasteiger partial charge in [-0.2, -0.15) is 0 Å². The Balaban J connectivity index is 1.94. The van der Waals surface area contributed by atoms with E-state index >= 15 is 0 Å². The monoisotopic (exact) mass is 393 g/mol. The summed E-state index contributed by atoms with van der Waals surface area (Å²) >= 11 is 0. The standard InChI is InChI=1S/C20H18F3NO4/c1-24(2)19(26)13-27-16-10-6-15(7-11-16)18(25)12-5-14-3-8-17(9-4-14)28-20(21,22)23/h3-12H,13H2,1-2H3/b12-5+. The first-order valence-corrected chi connectivity index (χ1v) is 8.15. The number of hydrogen-bond donors (Lipinski definition) is 0. The molecular weight excluding hydrogens is 375 g/mol. The van der Waals surface area contributed by atoms with E-state index in [1.54, 1.807) is 38.4 Å². The van der Waals surface area contributed by atoms with Crippen LogP contribution in [0.3, 0.4) is 0 Å². The van der Waals surface area contributed by atoms with Crippen molar-refractivity contribution in [3.05, 3.63) is 65.7 Å². The van der Waals surface area contributed by atoms with Gasteiger partial charge in [-0.15, -0.1) is 13.2 Å². The molecule has 5 nitrogen and oxygen atoms in total. The molecule has 0 heterocycles. The molecule has 0 aliphatic heterocycles. The van der Waals surface area contributed by atoms with E-state index in [0.717, 1.165) is 0 Å². The number of benzene rings is 2. The fraction of sp³-hybridized carbons (Fsp3) is 0.200. The molecule has 148 valence electrons. The Morgan fingerprint density at radius 3 is 2.07 bits per heavy atom. The number of alkyl halides is 3. The molecule has 0 aliphatic rings. The minimum Gasteiger partial charge on any atom is -0.484 e. The molecule has 0 saturated carbocycles. The van der Waals surface area contributed by atoms with Gasteiger partial charge in [0.05, 0.1) is 0 Å². The Kier molecular flexibility index (Phi) is 6.81. The van der Waals surface area contributed by atoms with Crippen molar-refractivity contribution < 1.29 is 32.2 Å². The lowest BCUT2D eigenvalue weighted by molar-refractivity contribution is -0.274.